The fraction of sp³-hybridized carbons (Fsp3) is 0.0476. The van der Waals surface area contributed by atoms with Crippen LogP contribution in [-0.4, -0.2) is 20.7 Å². The fourth-order valence-corrected chi connectivity index (χ4v) is 2.88. The lowest BCUT2D eigenvalue weighted by atomic mass is 10.1. The number of pyridine rings is 1. The van der Waals surface area contributed by atoms with Gasteiger partial charge in [0, 0.05) is 24.2 Å². The summed E-state index contributed by atoms with van der Waals surface area (Å²) in [5.74, 6) is -0.849. The molecule has 2 aromatic heterocycles. The zero-order chi connectivity index (χ0) is 19.5. The molecule has 0 aliphatic heterocycles. The first-order valence-corrected chi connectivity index (χ1v) is 8.59. The third-order valence-electron chi connectivity index (χ3n) is 4.26. The van der Waals surface area contributed by atoms with Gasteiger partial charge in [-0.1, -0.05) is 24.3 Å². The second-order valence-corrected chi connectivity index (χ2v) is 6.12. The van der Waals surface area contributed by atoms with Gasteiger partial charge in [-0.2, -0.15) is 9.78 Å². The van der Waals surface area contributed by atoms with Gasteiger partial charge in [0.15, 0.2) is 0 Å². The van der Waals surface area contributed by atoms with Gasteiger partial charge in [-0.25, -0.2) is 4.39 Å². The molecule has 2 heterocycles. The molecule has 28 heavy (non-hydrogen) atoms. The number of aromatic nitrogens is 3. The van der Waals surface area contributed by atoms with Crippen LogP contribution in [0.25, 0.3) is 16.6 Å². The topological polar surface area (TPSA) is 76.9 Å². The molecule has 0 unspecified atom stereocenters. The molecule has 138 valence electrons. The smallest absolute Gasteiger partial charge is 0.272 e. The Morgan fingerprint density at radius 2 is 1.79 bits per heavy atom. The van der Waals surface area contributed by atoms with Crippen LogP contribution in [0.15, 0.2) is 77.7 Å². The minimum atomic E-state index is -0.427. The summed E-state index contributed by atoms with van der Waals surface area (Å²) in [6, 6.07) is 17.5. The number of fused-ring (bicyclic) bond motifs is 1. The van der Waals surface area contributed by atoms with Gasteiger partial charge in [0.2, 0.25) is 0 Å². The molecule has 0 bridgehead atoms. The molecule has 6 nitrogen and oxygen atoms in total. The molecule has 0 aliphatic carbocycles. The highest BCUT2D eigenvalue weighted by Crippen LogP contribution is 2.15. The molecule has 1 amide bonds. The summed E-state index contributed by atoms with van der Waals surface area (Å²) in [7, 11) is 0. The number of nitrogens with zero attached hydrogens (tertiary/aromatic N) is 3. The summed E-state index contributed by atoms with van der Waals surface area (Å²) < 4.78 is 14.2. The monoisotopic (exact) mass is 374 g/mol. The van der Waals surface area contributed by atoms with Crippen LogP contribution in [0.3, 0.4) is 0 Å². The number of benzene rings is 2. The maximum Gasteiger partial charge on any atom is 0.272 e. The Bertz CT molecular complexity index is 1210. The second kappa shape index (κ2) is 7.40. The summed E-state index contributed by atoms with van der Waals surface area (Å²) in [5, 5.41) is 7.88. The summed E-state index contributed by atoms with van der Waals surface area (Å²) >= 11 is 0. The summed E-state index contributed by atoms with van der Waals surface area (Å²) in [6.45, 7) is 0.268. The first-order chi connectivity index (χ1) is 13.6. The Balaban J connectivity index is 1.57. The molecule has 0 atom stereocenters. The van der Waals surface area contributed by atoms with Crippen LogP contribution >= 0.6 is 0 Å². The molecule has 4 aromatic rings. The van der Waals surface area contributed by atoms with E-state index < -0.39 is 17.3 Å². The molecule has 1 N–H and O–H groups in total. The van der Waals surface area contributed by atoms with E-state index in [0.717, 1.165) is 21.1 Å². The number of carbonyl (C=O) groups is 1. The van der Waals surface area contributed by atoms with Crippen LogP contribution < -0.4 is 10.9 Å². The van der Waals surface area contributed by atoms with Gasteiger partial charge in [-0.15, -0.1) is 0 Å². The van der Waals surface area contributed by atoms with Crippen molar-refractivity contribution >= 4 is 16.8 Å². The molecule has 4 rings (SSSR count). The van der Waals surface area contributed by atoms with Crippen LogP contribution in [0.1, 0.15) is 16.1 Å². The average molecular weight is 374 g/mol. The highest BCUT2D eigenvalue weighted by molar-refractivity contribution is 5.92. The predicted molar refractivity (Wildman–Crippen MR) is 103 cm³/mol. The first kappa shape index (κ1) is 17.5. The number of nitrogens with one attached hydrogen (secondary N) is 1. The van der Waals surface area contributed by atoms with Crippen LogP contribution in [0.5, 0.6) is 0 Å². The lowest BCUT2D eigenvalue weighted by Gasteiger charge is -2.09. The highest BCUT2D eigenvalue weighted by atomic mass is 19.1. The number of amides is 1. The van der Waals surface area contributed by atoms with E-state index in [0.29, 0.717) is 5.69 Å². The van der Waals surface area contributed by atoms with Crippen molar-refractivity contribution in [2.24, 2.45) is 0 Å². The van der Waals surface area contributed by atoms with E-state index >= 15 is 0 Å². The van der Waals surface area contributed by atoms with E-state index in [-0.39, 0.29) is 12.2 Å². The summed E-state index contributed by atoms with van der Waals surface area (Å²) in [5.41, 5.74) is 1.73. The van der Waals surface area contributed by atoms with Gasteiger partial charge in [0.1, 0.15) is 11.5 Å². The third kappa shape index (κ3) is 3.50. The maximum absolute atomic E-state index is 13.1. The van der Waals surface area contributed by atoms with Gasteiger partial charge in [-0.3, -0.25) is 14.6 Å². The van der Waals surface area contributed by atoms with E-state index in [1.54, 1.807) is 6.20 Å². The molecular formula is C21H15FN4O2. The highest BCUT2D eigenvalue weighted by Gasteiger charge is 2.11. The Morgan fingerprint density at radius 3 is 2.61 bits per heavy atom. The standard InChI is InChI=1S/C21H15FN4O2/c22-16-6-8-17(9-7-16)26-19(27)11-10-18(25-26)21(28)24-13-15-4-1-3-14-5-2-12-23-20(14)15/h1-12H,13H2,(H,24,28). The molecule has 2 aromatic carbocycles. The normalized spacial score (nSPS) is 10.8. The van der Waals surface area contributed by atoms with Gasteiger partial charge in [0.25, 0.3) is 11.5 Å². The van der Waals surface area contributed by atoms with E-state index in [4.69, 9.17) is 0 Å². The predicted octanol–water partition coefficient (Wildman–Crippen LogP) is 2.85. The van der Waals surface area contributed by atoms with Crippen LogP contribution in [0.2, 0.25) is 0 Å². The number of para-hydroxylation sites is 1. The van der Waals surface area contributed by atoms with Crippen molar-refractivity contribution in [1.29, 1.82) is 0 Å². The van der Waals surface area contributed by atoms with Gasteiger partial charge >= 0.3 is 0 Å². The van der Waals surface area contributed by atoms with Crippen molar-refractivity contribution < 1.29 is 9.18 Å². The van der Waals surface area contributed by atoms with Crippen molar-refractivity contribution in [3.05, 3.63) is 100 Å². The Kier molecular flexibility index (Phi) is 4.63. The van der Waals surface area contributed by atoms with E-state index in [1.165, 1.54) is 36.4 Å². The molecule has 0 saturated carbocycles. The van der Waals surface area contributed by atoms with E-state index in [9.17, 15) is 14.0 Å². The Morgan fingerprint density at radius 1 is 1.00 bits per heavy atom. The molecular weight excluding hydrogens is 359 g/mol. The molecule has 7 heteroatoms. The van der Waals surface area contributed by atoms with Crippen LogP contribution in [0, 0.1) is 5.82 Å². The van der Waals surface area contributed by atoms with Gasteiger partial charge in [0.05, 0.1) is 11.2 Å². The second-order valence-electron chi connectivity index (χ2n) is 6.12. The quantitative estimate of drug-likeness (QED) is 0.596. The summed E-state index contributed by atoms with van der Waals surface area (Å²) in [4.78, 5) is 29.0. The Hall–Kier alpha value is -3.87. The van der Waals surface area contributed by atoms with E-state index in [1.807, 2.05) is 30.3 Å². The molecule has 0 spiro atoms. The van der Waals surface area contributed by atoms with Crippen LogP contribution in [-0.2, 0) is 6.54 Å². The van der Waals surface area contributed by atoms with Gasteiger partial charge < -0.3 is 5.32 Å². The number of halogens is 1. The molecule has 0 radical (unpaired) electrons. The van der Waals surface area contributed by atoms with Gasteiger partial charge in [-0.05, 0) is 42.0 Å². The fourth-order valence-electron chi connectivity index (χ4n) is 2.88. The number of hydrogen-bond donors (Lipinski definition) is 1. The lowest BCUT2D eigenvalue weighted by Crippen LogP contribution is -2.28. The first-order valence-electron chi connectivity index (χ1n) is 8.59. The van der Waals surface area contributed by atoms with Crippen molar-refractivity contribution in [1.82, 2.24) is 20.1 Å². The summed E-state index contributed by atoms with van der Waals surface area (Å²) in [6.07, 6.45) is 1.70. The van der Waals surface area contributed by atoms with Crippen molar-refractivity contribution in [2.45, 2.75) is 6.54 Å². The largest absolute Gasteiger partial charge is 0.346 e. The van der Waals surface area contributed by atoms with Crippen molar-refractivity contribution in [3.63, 3.8) is 0 Å². The van der Waals surface area contributed by atoms with Crippen molar-refractivity contribution in [2.75, 3.05) is 0 Å². The van der Waals surface area contributed by atoms with Crippen molar-refractivity contribution in [3.8, 4) is 5.69 Å². The minimum absolute atomic E-state index is 0.0807. The number of carbonyl (C=O) groups excluding carboxylic acids is 1. The lowest BCUT2D eigenvalue weighted by molar-refractivity contribution is 0.0944. The molecule has 0 fully saturated rings. The number of hydrogen-bond acceptors (Lipinski definition) is 4. The minimum Gasteiger partial charge on any atom is -0.346 e. The zero-order valence-corrected chi connectivity index (χ0v) is 14.7. The zero-order valence-electron chi connectivity index (χ0n) is 14.7. The average Bonchev–Trinajstić information content (AvgIpc) is 2.73. The number of rotatable bonds is 4. The van der Waals surface area contributed by atoms with Crippen LogP contribution in [0.4, 0.5) is 4.39 Å². The maximum atomic E-state index is 13.1. The Labute approximate surface area is 159 Å². The SMILES string of the molecule is O=C(NCc1cccc2cccnc12)c1ccc(=O)n(-c2ccc(F)cc2)n1. The van der Waals surface area contributed by atoms with E-state index in [2.05, 4.69) is 15.4 Å². The molecule has 0 aliphatic rings. The molecule has 0 saturated heterocycles. The third-order valence-corrected chi connectivity index (χ3v) is 4.26.